The van der Waals surface area contributed by atoms with Crippen molar-refractivity contribution >= 4 is 35.0 Å². The Morgan fingerprint density at radius 3 is 3.06 bits per heavy atom. The number of ketones is 1. The van der Waals surface area contributed by atoms with Gasteiger partial charge in [0.25, 0.3) is 0 Å². The molecule has 2 aliphatic carbocycles. The number of aromatic nitrogens is 2. The summed E-state index contributed by atoms with van der Waals surface area (Å²) in [4.78, 5) is 21.5. The molecule has 2 heterocycles. The van der Waals surface area contributed by atoms with Crippen molar-refractivity contribution in [2.75, 3.05) is 23.0 Å². The zero-order chi connectivity index (χ0) is 22.2. The molecule has 1 aliphatic heterocycles. The highest BCUT2D eigenvalue weighted by Gasteiger charge is 2.55. The van der Waals surface area contributed by atoms with Gasteiger partial charge in [0.2, 0.25) is 5.95 Å². The van der Waals surface area contributed by atoms with Crippen LogP contribution in [0.1, 0.15) is 26.2 Å². The standard InChI is InChI=1S/C24H27FN4O2S/c1-13(2)22(30)20-14-9-17-19(10-14)32-8-4-7-31-16-6-3-5-15(11-16)27-24-26-12-18(25)23(29-24)28-21(17)20/h3,5-6,11-12,14,17,19-21H,1,4,7-10H2,2H3,(H2,26,27,28,29). The van der Waals surface area contributed by atoms with Gasteiger partial charge in [-0.2, -0.15) is 16.7 Å². The van der Waals surface area contributed by atoms with Crippen molar-refractivity contribution in [3.05, 3.63) is 48.4 Å². The first-order valence-corrected chi connectivity index (χ1v) is 12.1. The highest BCUT2D eigenvalue weighted by atomic mass is 32.2. The van der Waals surface area contributed by atoms with Crippen molar-refractivity contribution in [2.45, 2.75) is 37.5 Å². The van der Waals surface area contributed by atoms with E-state index in [1.807, 2.05) is 36.0 Å². The molecule has 2 fully saturated rings. The van der Waals surface area contributed by atoms with Crippen LogP contribution in [0.3, 0.4) is 0 Å². The van der Waals surface area contributed by atoms with E-state index in [0.29, 0.717) is 17.4 Å². The number of hydrogen-bond donors (Lipinski definition) is 2. The van der Waals surface area contributed by atoms with E-state index in [1.165, 1.54) is 0 Å². The van der Waals surface area contributed by atoms with Crippen molar-refractivity contribution < 1.29 is 13.9 Å². The van der Waals surface area contributed by atoms with Gasteiger partial charge in [-0.25, -0.2) is 9.37 Å². The van der Waals surface area contributed by atoms with Gasteiger partial charge >= 0.3 is 0 Å². The minimum Gasteiger partial charge on any atom is -0.493 e. The summed E-state index contributed by atoms with van der Waals surface area (Å²) < 4.78 is 20.6. The molecule has 0 saturated heterocycles. The number of benzene rings is 1. The summed E-state index contributed by atoms with van der Waals surface area (Å²) in [6.07, 6.45) is 4.09. The Balaban J connectivity index is 1.49. The lowest BCUT2D eigenvalue weighted by molar-refractivity contribution is -0.120. The van der Waals surface area contributed by atoms with Crippen LogP contribution in [0.4, 0.5) is 21.8 Å². The van der Waals surface area contributed by atoms with E-state index in [-0.39, 0.29) is 41.3 Å². The van der Waals surface area contributed by atoms with Crippen LogP contribution in [0.2, 0.25) is 0 Å². The predicted octanol–water partition coefficient (Wildman–Crippen LogP) is 4.83. The second kappa shape index (κ2) is 8.73. The Morgan fingerprint density at radius 2 is 2.22 bits per heavy atom. The first-order valence-electron chi connectivity index (χ1n) is 11.1. The summed E-state index contributed by atoms with van der Waals surface area (Å²) in [5.41, 5.74) is 1.32. The number of nitrogens with zero attached hydrogens (tertiary/aromatic N) is 2. The summed E-state index contributed by atoms with van der Waals surface area (Å²) >= 11 is 1.94. The van der Waals surface area contributed by atoms with Crippen molar-refractivity contribution in [1.82, 2.24) is 9.97 Å². The fraction of sp³-hybridized carbons (Fsp3) is 0.458. The Hall–Kier alpha value is -2.61. The van der Waals surface area contributed by atoms with E-state index < -0.39 is 5.82 Å². The molecule has 0 radical (unpaired) electrons. The third-order valence-electron chi connectivity index (χ3n) is 6.69. The first kappa shape index (κ1) is 21.2. The maximum atomic E-state index is 14.7. The molecule has 2 aromatic rings. The van der Waals surface area contributed by atoms with Gasteiger partial charge in [0, 0.05) is 29.0 Å². The Labute approximate surface area is 191 Å². The second-order valence-corrected chi connectivity index (χ2v) is 10.2. The number of anilines is 3. The fourth-order valence-electron chi connectivity index (χ4n) is 5.31. The van der Waals surface area contributed by atoms with E-state index >= 15 is 0 Å². The predicted molar refractivity (Wildman–Crippen MR) is 125 cm³/mol. The van der Waals surface area contributed by atoms with Gasteiger partial charge in [-0.1, -0.05) is 12.6 Å². The quantitative estimate of drug-likeness (QED) is 0.630. The molecule has 5 rings (SSSR count). The maximum absolute atomic E-state index is 14.7. The van der Waals surface area contributed by atoms with Gasteiger partial charge in [0.1, 0.15) is 5.75 Å². The lowest BCUT2D eigenvalue weighted by Gasteiger charge is -2.36. The van der Waals surface area contributed by atoms with Gasteiger partial charge < -0.3 is 15.4 Å². The first-order chi connectivity index (χ1) is 15.5. The molecule has 32 heavy (non-hydrogen) atoms. The number of ether oxygens (including phenoxy) is 1. The molecule has 3 aliphatic rings. The second-order valence-electron chi connectivity index (χ2n) is 8.89. The molecule has 8 heteroatoms. The molecule has 2 saturated carbocycles. The summed E-state index contributed by atoms with van der Waals surface area (Å²) in [5, 5.41) is 6.88. The van der Waals surface area contributed by atoms with E-state index in [9.17, 15) is 9.18 Å². The summed E-state index contributed by atoms with van der Waals surface area (Å²) in [6.45, 7) is 6.29. The van der Waals surface area contributed by atoms with E-state index in [2.05, 4.69) is 27.2 Å². The van der Waals surface area contributed by atoms with Crippen LogP contribution in [0, 0.1) is 23.6 Å². The van der Waals surface area contributed by atoms with Crippen molar-refractivity contribution in [3.63, 3.8) is 0 Å². The van der Waals surface area contributed by atoms with E-state index in [4.69, 9.17) is 4.74 Å². The lowest BCUT2D eigenvalue weighted by atomic mass is 9.79. The summed E-state index contributed by atoms with van der Waals surface area (Å²) in [7, 11) is 0. The SMILES string of the molecule is C=C(C)C(=O)C1C2CC3SCCCOc4cccc(c4)Nc4ncc(F)c(n4)NC1C3C2. The molecular weight excluding hydrogens is 427 g/mol. The van der Waals surface area contributed by atoms with E-state index in [1.54, 1.807) is 6.92 Å². The van der Waals surface area contributed by atoms with Crippen LogP contribution in [0.15, 0.2) is 42.6 Å². The lowest BCUT2D eigenvalue weighted by Crippen LogP contribution is -2.44. The Morgan fingerprint density at radius 1 is 1.34 bits per heavy atom. The van der Waals surface area contributed by atoms with Gasteiger partial charge in [-0.3, -0.25) is 4.79 Å². The number of carbonyl (C=O) groups is 1. The average molecular weight is 455 g/mol. The number of thioether (sulfide) groups is 1. The Bertz CT molecular complexity index is 1050. The van der Waals surface area contributed by atoms with Crippen LogP contribution in [0.25, 0.3) is 0 Å². The third-order valence-corrected chi connectivity index (χ3v) is 8.19. The third kappa shape index (κ3) is 4.08. The average Bonchev–Trinajstić information content (AvgIpc) is 3.33. The molecule has 6 bridgehead atoms. The molecule has 0 spiro atoms. The van der Waals surface area contributed by atoms with Crippen LogP contribution < -0.4 is 15.4 Å². The number of fused-ring (bicyclic) bond motifs is 5. The van der Waals surface area contributed by atoms with Crippen LogP contribution in [-0.4, -0.2) is 39.4 Å². The number of hydrogen-bond acceptors (Lipinski definition) is 7. The summed E-state index contributed by atoms with van der Waals surface area (Å²) in [5.74, 6) is 2.10. The minimum absolute atomic E-state index is 0.0749. The van der Waals surface area contributed by atoms with E-state index in [0.717, 1.165) is 42.6 Å². The molecular formula is C24H27FN4O2S. The molecule has 5 unspecified atom stereocenters. The molecule has 5 atom stereocenters. The smallest absolute Gasteiger partial charge is 0.229 e. The van der Waals surface area contributed by atoms with Crippen LogP contribution in [-0.2, 0) is 4.79 Å². The number of nitrogens with one attached hydrogen (secondary N) is 2. The fourth-order valence-corrected chi connectivity index (χ4v) is 6.81. The normalized spacial score (nSPS) is 28.9. The maximum Gasteiger partial charge on any atom is 0.229 e. The topological polar surface area (TPSA) is 76.1 Å². The van der Waals surface area contributed by atoms with Gasteiger partial charge in [0.05, 0.1) is 12.8 Å². The van der Waals surface area contributed by atoms with Crippen molar-refractivity contribution in [2.24, 2.45) is 17.8 Å². The highest BCUT2D eigenvalue weighted by molar-refractivity contribution is 7.99. The number of carbonyl (C=O) groups excluding carboxylic acids is 1. The van der Waals surface area contributed by atoms with Crippen molar-refractivity contribution in [1.29, 1.82) is 0 Å². The molecule has 6 nitrogen and oxygen atoms in total. The number of rotatable bonds is 2. The molecule has 1 aromatic carbocycles. The molecule has 1 aromatic heterocycles. The number of halogens is 1. The number of Topliss-reactive ketones (excluding diaryl/α,β-unsaturated/α-hetero) is 1. The van der Waals surface area contributed by atoms with Crippen molar-refractivity contribution in [3.8, 4) is 5.75 Å². The Kier molecular flexibility index (Phi) is 5.80. The minimum atomic E-state index is -0.526. The number of allylic oxidation sites excluding steroid dienone is 1. The molecule has 168 valence electrons. The van der Waals surface area contributed by atoms with Gasteiger partial charge in [-0.05, 0) is 61.5 Å². The largest absolute Gasteiger partial charge is 0.493 e. The summed E-state index contributed by atoms with van der Waals surface area (Å²) in [6, 6.07) is 7.40. The van der Waals surface area contributed by atoms with Gasteiger partial charge in [0.15, 0.2) is 17.4 Å². The van der Waals surface area contributed by atoms with Crippen LogP contribution >= 0.6 is 11.8 Å². The monoisotopic (exact) mass is 454 g/mol. The highest BCUT2D eigenvalue weighted by Crippen LogP contribution is 2.54. The zero-order valence-electron chi connectivity index (χ0n) is 18.0. The zero-order valence-corrected chi connectivity index (χ0v) is 18.8. The molecule has 0 amide bonds. The van der Waals surface area contributed by atoms with Crippen LogP contribution in [0.5, 0.6) is 5.75 Å². The molecule has 2 N–H and O–H groups in total. The van der Waals surface area contributed by atoms with Gasteiger partial charge in [-0.15, -0.1) is 0 Å².